The number of likely N-dealkylation sites (N-methyl/N-ethyl adjacent to an activating group) is 1. The molecular formula is C21H21N3O4S. The topological polar surface area (TPSA) is 71.1 Å². The third kappa shape index (κ3) is 3.88. The Kier molecular flexibility index (Phi) is 5.35. The summed E-state index contributed by atoms with van der Waals surface area (Å²) >= 11 is 5.54. The van der Waals surface area contributed by atoms with Crippen LogP contribution < -0.4 is 14.8 Å². The molecule has 1 fully saturated rings. The lowest BCUT2D eigenvalue weighted by Gasteiger charge is -2.24. The van der Waals surface area contributed by atoms with Gasteiger partial charge in [-0.05, 0) is 49.0 Å². The predicted molar refractivity (Wildman–Crippen MR) is 112 cm³/mol. The molecule has 1 atom stereocenters. The number of carbonyl (C=O) groups excluding carboxylic acids is 2. The fourth-order valence-electron chi connectivity index (χ4n) is 3.51. The van der Waals surface area contributed by atoms with E-state index >= 15 is 0 Å². The number of nitrogens with zero attached hydrogens (tertiary/aromatic N) is 2. The van der Waals surface area contributed by atoms with Crippen LogP contribution in [0.25, 0.3) is 0 Å². The van der Waals surface area contributed by atoms with Gasteiger partial charge in [0.05, 0.1) is 6.42 Å². The summed E-state index contributed by atoms with van der Waals surface area (Å²) in [5, 5.41) is 3.28. The summed E-state index contributed by atoms with van der Waals surface area (Å²) in [7, 11) is 0. The van der Waals surface area contributed by atoms with Crippen molar-refractivity contribution >= 4 is 34.8 Å². The number of carbonyl (C=O) groups is 2. The second-order valence-electron chi connectivity index (χ2n) is 6.81. The molecule has 8 heteroatoms. The van der Waals surface area contributed by atoms with Crippen molar-refractivity contribution in [1.29, 1.82) is 0 Å². The molecule has 0 radical (unpaired) electrons. The summed E-state index contributed by atoms with van der Waals surface area (Å²) in [4.78, 5) is 28.8. The zero-order valence-electron chi connectivity index (χ0n) is 16.0. The normalized spacial score (nSPS) is 17.8. The van der Waals surface area contributed by atoms with E-state index in [2.05, 4.69) is 5.32 Å². The molecule has 2 aliphatic rings. The van der Waals surface area contributed by atoms with E-state index in [9.17, 15) is 9.59 Å². The quantitative estimate of drug-likeness (QED) is 0.737. The minimum absolute atomic E-state index is 0.0227. The average Bonchev–Trinajstić information content (AvgIpc) is 3.26. The molecule has 7 nitrogen and oxygen atoms in total. The van der Waals surface area contributed by atoms with E-state index in [0.717, 1.165) is 5.56 Å². The van der Waals surface area contributed by atoms with Gasteiger partial charge in [-0.25, -0.2) is 0 Å². The van der Waals surface area contributed by atoms with Crippen LogP contribution in [-0.4, -0.2) is 46.1 Å². The van der Waals surface area contributed by atoms with Gasteiger partial charge in [0.2, 0.25) is 12.7 Å². The second kappa shape index (κ2) is 8.08. The first-order chi connectivity index (χ1) is 14.1. The second-order valence-corrected chi connectivity index (χ2v) is 7.18. The van der Waals surface area contributed by atoms with E-state index in [0.29, 0.717) is 35.4 Å². The molecule has 2 aromatic rings. The van der Waals surface area contributed by atoms with Gasteiger partial charge >= 0.3 is 0 Å². The lowest BCUT2D eigenvalue weighted by molar-refractivity contribution is -0.130. The minimum atomic E-state index is -0.642. The van der Waals surface area contributed by atoms with E-state index in [1.54, 1.807) is 4.90 Å². The molecule has 2 heterocycles. The number of ether oxygens (including phenoxy) is 2. The van der Waals surface area contributed by atoms with Crippen molar-refractivity contribution in [2.24, 2.45) is 0 Å². The Balaban J connectivity index is 1.52. The summed E-state index contributed by atoms with van der Waals surface area (Å²) in [5.74, 6) is 0.986. The van der Waals surface area contributed by atoms with Crippen molar-refractivity contribution in [3.63, 3.8) is 0 Å². The highest BCUT2D eigenvalue weighted by Gasteiger charge is 2.42. The van der Waals surface area contributed by atoms with Crippen LogP contribution in [0.5, 0.6) is 11.5 Å². The third-order valence-electron chi connectivity index (χ3n) is 4.95. The van der Waals surface area contributed by atoms with Crippen LogP contribution in [0.3, 0.4) is 0 Å². The maximum Gasteiger partial charge on any atom is 0.252 e. The van der Waals surface area contributed by atoms with Crippen molar-refractivity contribution in [3.8, 4) is 11.5 Å². The Bertz CT molecular complexity index is 950. The van der Waals surface area contributed by atoms with Gasteiger partial charge in [0, 0.05) is 18.8 Å². The number of para-hydroxylation sites is 1. The molecule has 4 rings (SSSR count). The van der Waals surface area contributed by atoms with Crippen molar-refractivity contribution < 1.29 is 19.1 Å². The predicted octanol–water partition coefficient (Wildman–Crippen LogP) is 2.76. The summed E-state index contributed by atoms with van der Waals surface area (Å²) in [6, 6.07) is 14.2. The number of rotatable bonds is 6. The molecular weight excluding hydrogens is 390 g/mol. The van der Waals surface area contributed by atoms with Crippen LogP contribution in [-0.2, 0) is 16.1 Å². The highest BCUT2D eigenvalue weighted by Crippen LogP contribution is 2.33. The molecule has 2 amide bonds. The first-order valence-electron chi connectivity index (χ1n) is 9.42. The van der Waals surface area contributed by atoms with E-state index in [4.69, 9.17) is 21.7 Å². The van der Waals surface area contributed by atoms with Crippen molar-refractivity contribution in [2.45, 2.75) is 25.9 Å². The van der Waals surface area contributed by atoms with Gasteiger partial charge in [0.1, 0.15) is 6.04 Å². The smallest absolute Gasteiger partial charge is 0.252 e. The fraction of sp³-hybridized carbons (Fsp3) is 0.286. The van der Waals surface area contributed by atoms with Gasteiger partial charge in [0.25, 0.3) is 5.91 Å². The van der Waals surface area contributed by atoms with Crippen molar-refractivity contribution in [1.82, 2.24) is 9.80 Å². The number of amides is 2. The van der Waals surface area contributed by atoms with E-state index in [1.807, 2.05) is 60.4 Å². The molecule has 0 bridgehead atoms. The largest absolute Gasteiger partial charge is 0.454 e. The van der Waals surface area contributed by atoms with E-state index < -0.39 is 6.04 Å². The summed E-state index contributed by atoms with van der Waals surface area (Å²) < 4.78 is 10.8. The monoisotopic (exact) mass is 411 g/mol. The standard InChI is InChI=1S/C21H21N3O4S/c1-2-23-20(26)16(11-19(25)22-15-6-4-3-5-7-15)24(21(23)29)12-14-8-9-17-18(10-14)28-13-27-17/h3-10,16H,2,11-13H2,1H3,(H,22,25)/t16-/m1/s1. The first-order valence-corrected chi connectivity index (χ1v) is 9.83. The number of fused-ring (bicyclic) bond motifs is 1. The SMILES string of the molecule is CCN1C(=O)[C@@H](CC(=O)Nc2ccccc2)N(Cc2ccc3c(c2)OCO3)C1=S. The molecule has 0 aromatic heterocycles. The number of hydrogen-bond donors (Lipinski definition) is 1. The zero-order chi connectivity index (χ0) is 20.4. The fourth-order valence-corrected chi connectivity index (χ4v) is 3.92. The first kappa shape index (κ1) is 19.2. The van der Waals surface area contributed by atoms with E-state index in [-0.39, 0.29) is 25.0 Å². The molecule has 0 spiro atoms. The molecule has 2 aromatic carbocycles. The van der Waals surface area contributed by atoms with Gasteiger partial charge in [-0.15, -0.1) is 0 Å². The highest BCUT2D eigenvalue weighted by molar-refractivity contribution is 7.80. The van der Waals surface area contributed by atoms with Crippen molar-refractivity contribution in [2.75, 3.05) is 18.7 Å². The van der Waals surface area contributed by atoms with Crippen LogP contribution >= 0.6 is 12.2 Å². The Labute approximate surface area is 174 Å². The number of anilines is 1. The average molecular weight is 411 g/mol. The van der Waals surface area contributed by atoms with E-state index in [1.165, 1.54) is 0 Å². The molecule has 0 aliphatic carbocycles. The Morgan fingerprint density at radius 3 is 2.69 bits per heavy atom. The Morgan fingerprint density at radius 2 is 1.93 bits per heavy atom. The maximum atomic E-state index is 12.9. The summed E-state index contributed by atoms with van der Waals surface area (Å²) in [6.07, 6.45) is 0.0227. The van der Waals surface area contributed by atoms with Crippen LogP contribution in [0.4, 0.5) is 5.69 Å². The molecule has 0 unspecified atom stereocenters. The lowest BCUT2D eigenvalue weighted by Crippen LogP contribution is -2.37. The summed E-state index contributed by atoms with van der Waals surface area (Å²) in [5.41, 5.74) is 1.62. The zero-order valence-corrected chi connectivity index (χ0v) is 16.8. The molecule has 150 valence electrons. The molecule has 1 N–H and O–H groups in total. The molecule has 29 heavy (non-hydrogen) atoms. The Hall–Kier alpha value is -3.13. The van der Waals surface area contributed by atoms with Crippen LogP contribution in [0.1, 0.15) is 18.9 Å². The van der Waals surface area contributed by atoms with Gasteiger partial charge in [-0.3, -0.25) is 14.5 Å². The number of benzene rings is 2. The Morgan fingerprint density at radius 1 is 1.17 bits per heavy atom. The maximum absolute atomic E-state index is 12.9. The van der Waals surface area contributed by atoms with Crippen LogP contribution in [0.2, 0.25) is 0 Å². The number of nitrogens with one attached hydrogen (secondary N) is 1. The van der Waals surface area contributed by atoms with Crippen molar-refractivity contribution in [3.05, 3.63) is 54.1 Å². The molecule has 0 saturated carbocycles. The van der Waals surface area contributed by atoms with Gasteiger partial charge in [-0.1, -0.05) is 24.3 Å². The highest BCUT2D eigenvalue weighted by atomic mass is 32.1. The third-order valence-corrected chi connectivity index (χ3v) is 5.40. The minimum Gasteiger partial charge on any atom is -0.454 e. The summed E-state index contributed by atoms with van der Waals surface area (Å²) in [6.45, 7) is 2.94. The molecule has 1 saturated heterocycles. The number of thiocarbonyl (C=S) groups is 1. The van der Waals surface area contributed by atoms with Crippen LogP contribution in [0.15, 0.2) is 48.5 Å². The number of hydrogen-bond acceptors (Lipinski definition) is 5. The van der Waals surface area contributed by atoms with Crippen LogP contribution in [0, 0.1) is 0 Å². The molecule has 2 aliphatic heterocycles. The van der Waals surface area contributed by atoms with Gasteiger partial charge in [0.15, 0.2) is 16.6 Å². The lowest BCUT2D eigenvalue weighted by atomic mass is 10.1. The van der Waals surface area contributed by atoms with Gasteiger partial charge in [-0.2, -0.15) is 0 Å². The van der Waals surface area contributed by atoms with Gasteiger partial charge < -0.3 is 19.7 Å².